The number of rotatable bonds is 5. The monoisotopic (exact) mass is 276 g/mol. The zero-order valence-electron chi connectivity index (χ0n) is 10.8. The van der Waals surface area contributed by atoms with Crippen LogP contribution in [-0.2, 0) is 6.42 Å². The lowest BCUT2D eigenvalue weighted by Gasteiger charge is -2.10. The van der Waals surface area contributed by atoms with Crippen molar-refractivity contribution in [1.82, 2.24) is 4.98 Å². The number of hydrogen-bond acceptors (Lipinski definition) is 3. The SMILES string of the molecule is CCC(N)Cc1ccc(Oc2cncc(Cl)c2)cc1. The fourth-order valence-electron chi connectivity index (χ4n) is 1.72. The maximum absolute atomic E-state index is 5.93. The van der Waals surface area contributed by atoms with E-state index in [4.69, 9.17) is 22.1 Å². The molecule has 1 heterocycles. The van der Waals surface area contributed by atoms with Crippen LogP contribution in [0.15, 0.2) is 42.7 Å². The third-order valence-electron chi connectivity index (χ3n) is 2.86. The van der Waals surface area contributed by atoms with Gasteiger partial charge in [-0.3, -0.25) is 4.98 Å². The van der Waals surface area contributed by atoms with Crippen molar-refractivity contribution in [3.63, 3.8) is 0 Å². The lowest BCUT2D eigenvalue weighted by atomic mass is 10.0. The van der Waals surface area contributed by atoms with Gasteiger partial charge in [0.15, 0.2) is 0 Å². The second-order valence-electron chi connectivity index (χ2n) is 4.46. The number of benzene rings is 1. The van der Waals surface area contributed by atoms with Crippen molar-refractivity contribution in [2.75, 3.05) is 0 Å². The highest BCUT2D eigenvalue weighted by atomic mass is 35.5. The summed E-state index contributed by atoms with van der Waals surface area (Å²) in [6, 6.07) is 9.86. The predicted molar refractivity (Wildman–Crippen MR) is 77.7 cm³/mol. The van der Waals surface area contributed by atoms with E-state index in [2.05, 4.69) is 11.9 Å². The maximum atomic E-state index is 5.93. The van der Waals surface area contributed by atoms with Gasteiger partial charge in [0.1, 0.15) is 11.5 Å². The first-order valence-corrected chi connectivity index (χ1v) is 6.68. The molecule has 2 N–H and O–H groups in total. The van der Waals surface area contributed by atoms with Gasteiger partial charge in [0.05, 0.1) is 11.2 Å². The number of nitrogens with two attached hydrogens (primary N) is 1. The van der Waals surface area contributed by atoms with Gasteiger partial charge in [-0.2, -0.15) is 0 Å². The number of nitrogens with zero attached hydrogens (tertiary/aromatic N) is 1. The fraction of sp³-hybridized carbons (Fsp3) is 0.267. The number of pyridine rings is 1. The summed E-state index contributed by atoms with van der Waals surface area (Å²) in [7, 11) is 0. The highest BCUT2D eigenvalue weighted by Gasteiger charge is 2.03. The van der Waals surface area contributed by atoms with Crippen molar-refractivity contribution in [2.24, 2.45) is 5.73 Å². The molecule has 2 rings (SSSR count). The first kappa shape index (κ1) is 13.8. The van der Waals surface area contributed by atoms with Gasteiger partial charge >= 0.3 is 0 Å². The summed E-state index contributed by atoms with van der Waals surface area (Å²) in [6.45, 7) is 2.09. The van der Waals surface area contributed by atoms with Crippen LogP contribution in [0.2, 0.25) is 5.02 Å². The second kappa shape index (κ2) is 6.55. The van der Waals surface area contributed by atoms with E-state index in [0.717, 1.165) is 18.6 Å². The Kier molecular flexibility index (Phi) is 4.77. The zero-order valence-corrected chi connectivity index (χ0v) is 11.6. The highest BCUT2D eigenvalue weighted by Crippen LogP contribution is 2.23. The molecule has 1 unspecified atom stereocenters. The zero-order chi connectivity index (χ0) is 13.7. The molecule has 0 radical (unpaired) electrons. The van der Waals surface area contributed by atoms with Gasteiger partial charge in [-0.1, -0.05) is 30.7 Å². The minimum absolute atomic E-state index is 0.212. The van der Waals surface area contributed by atoms with Crippen LogP contribution in [0.4, 0.5) is 0 Å². The van der Waals surface area contributed by atoms with Crippen molar-refractivity contribution >= 4 is 11.6 Å². The maximum Gasteiger partial charge on any atom is 0.147 e. The topological polar surface area (TPSA) is 48.1 Å². The molecule has 0 aliphatic carbocycles. The van der Waals surface area contributed by atoms with E-state index in [1.807, 2.05) is 24.3 Å². The minimum Gasteiger partial charge on any atom is -0.456 e. The number of ether oxygens (including phenoxy) is 1. The lowest BCUT2D eigenvalue weighted by molar-refractivity contribution is 0.480. The molecule has 0 amide bonds. The van der Waals surface area contributed by atoms with E-state index in [9.17, 15) is 0 Å². The van der Waals surface area contributed by atoms with Gasteiger partial charge in [0.25, 0.3) is 0 Å². The van der Waals surface area contributed by atoms with Crippen LogP contribution in [0.5, 0.6) is 11.5 Å². The van der Waals surface area contributed by atoms with E-state index in [1.165, 1.54) is 5.56 Å². The predicted octanol–water partition coefficient (Wildman–Crippen LogP) is 3.81. The van der Waals surface area contributed by atoms with Gasteiger partial charge in [-0.05, 0) is 30.5 Å². The van der Waals surface area contributed by atoms with Crippen LogP contribution in [0.25, 0.3) is 0 Å². The second-order valence-corrected chi connectivity index (χ2v) is 4.89. The smallest absolute Gasteiger partial charge is 0.147 e. The summed E-state index contributed by atoms with van der Waals surface area (Å²) in [5, 5.41) is 0.558. The number of hydrogen-bond donors (Lipinski definition) is 1. The Morgan fingerprint density at radius 3 is 2.58 bits per heavy atom. The Morgan fingerprint density at radius 2 is 1.95 bits per heavy atom. The molecular formula is C15H17ClN2O. The van der Waals surface area contributed by atoms with Crippen molar-refractivity contribution < 1.29 is 4.74 Å². The van der Waals surface area contributed by atoms with Gasteiger partial charge in [-0.25, -0.2) is 0 Å². The lowest BCUT2D eigenvalue weighted by Crippen LogP contribution is -2.21. The fourth-order valence-corrected chi connectivity index (χ4v) is 1.89. The van der Waals surface area contributed by atoms with Crippen molar-refractivity contribution in [2.45, 2.75) is 25.8 Å². The Labute approximate surface area is 118 Å². The van der Waals surface area contributed by atoms with E-state index in [-0.39, 0.29) is 6.04 Å². The van der Waals surface area contributed by atoms with Crippen LogP contribution in [0.1, 0.15) is 18.9 Å². The standard InChI is InChI=1S/C15H17ClN2O/c1-2-13(17)7-11-3-5-14(6-4-11)19-15-8-12(16)9-18-10-15/h3-6,8-10,13H,2,7,17H2,1H3. The molecule has 1 atom stereocenters. The molecule has 0 saturated heterocycles. The molecule has 100 valence electrons. The van der Waals surface area contributed by atoms with Gasteiger partial charge < -0.3 is 10.5 Å². The highest BCUT2D eigenvalue weighted by molar-refractivity contribution is 6.30. The molecule has 2 aromatic rings. The summed E-state index contributed by atoms with van der Waals surface area (Å²) < 4.78 is 5.67. The third kappa shape index (κ3) is 4.23. The summed E-state index contributed by atoms with van der Waals surface area (Å²) in [6.07, 6.45) is 5.07. The average molecular weight is 277 g/mol. The van der Waals surface area contributed by atoms with E-state index >= 15 is 0 Å². The van der Waals surface area contributed by atoms with Gasteiger partial charge in [0.2, 0.25) is 0 Å². The van der Waals surface area contributed by atoms with Gasteiger partial charge in [0, 0.05) is 18.3 Å². The first-order chi connectivity index (χ1) is 9.17. The summed E-state index contributed by atoms with van der Waals surface area (Å²) >= 11 is 5.85. The Hall–Kier alpha value is -1.58. The molecule has 0 fully saturated rings. The van der Waals surface area contributed by atoms with Crippen LogP contribution in [-0.4, -0.2) is 11.0 Å². The molecule has 19 heavy (non-hydrogen) atoms. The van der Waals surface area contributed by atoms with Crippen LogP contribution in [0, 0.1) is 0 Å². The number of aromatic nitrogens is 1. The van der Waals surface area contributed by atoms with Crippen molar-refractivity contribution in [3.05, 3.63) is 53.3 Å². The van der Waals surface area contributed by atoms with E-state index in [0.29, 0.717) is 10.8 Å². The average Bonchev–Trinajstić information content (AvgIpc) is 2.41. The van der Waals surface area contributed by atoms with E-state index in [1.54, 1.807) is 18.5 Å². The Bertz CT molecular complexity index is 528. The van der Waals surface area contributed by atoms with Crippen molar-refractivity contribution in [3.8, 4) is 11.5 Å². The molecule has 0 saturated carbocycles. The normalized spacial score (nSPS) is 12.2. The van der Waals surface area contributed by atoms with E-state index < -0.39 is 0 Å². The Balaban J connectivity index is 2.02. The van der Waals surface area contributed by atoms with Crippen LogP contribution >= 0.6 is 11.6 Å². The van der Waals surface area contributed by atoms with Gasteiger partial charge in [-0.15, -0.1) is 0 Å². The molecular weight excluding hydrogens is 260 g/mol. The minimum atomic E-state index is 0.212. The summed E-state index contributed by atoms with van der Waals surface area (Å²) in [5.41, 5.74) is 7.14. The summed E-state index contributed by atoms with van der Waals surface area (Å²) in [4.78, 5) is 3.97. The van der Waals surface area contributed by atoms with Crippen LogP contribution in [0.3, 0.4) is 0 Å². The number of halogens is 1. The quantitative estimate of drug-likeness (QED) is 0.903. The molecule has 0 aliphatic heterocycles. The molecule has 0 bridgehead atoms. The molecule has 3 nitrogen and oxygen atoms in total. The first-order valence-electron chi connectivity index (χ1n) is 6.30. The molecule has 0 aliphatic rings. The van der Waals surface area contributed by atoms with Crippen LogP contribution < -0.4 is 10.5 Å². The largest absolute Gasteiger partial charge is 0.456 e. The third-order valence-corrected chi connectivity index (χ3v) is 3.07. The molecule has 1 aromatic heterocycles. The molecule has 0 spiro atoms. The molecule has 1 aromatic carbocycles. The summed E-state index contributed by atoms with van der Waals surface area (Å²) in [5.74, 6) is 1.39. The molecule has 4 heteroatoms. The Morgan fingerprint density at radius 1 is 1.21 bits per heavy atom. The van der Waals surface area contributed by atoms with Crippen molar-refractivity contribution in [1.29, 1.82) is 0 Å².